The molecular weight excluding hydrogens is 282 g/mol. The Kier molecular flexibility index (Phi) is 4.85. The van der Waals surface area contributed by atoms with Gasteiger partial charge in [0.15, 0.2) is 5.69 Å². The molecule has 0 radical (unpaired) electrons. The molecule has 0 bridgehead atoms. The molecule has 0 amide bonds. The predicted molar refractivity (Wildman–Crippen MR) is 89.1 cm³/mol. The molecule has 0 saturated heterocycles. The SMILES string of the molecule is CCCCc1ccc(-n2nc(C(N)=S)c(=O)cc2C)cc1. The summed E-state index contributed by atoms with van der Waals surface area (Å²) >= 11 is 4.87. The first-order valence-corrected chi connectivity index (χ1v) is 7.44. The molecule has 21 heavy (non-hydrogen) atoms. The molecule has 0 fully saturated rings. The van der Waals surface area contributed by atoms with Crippen LogP contribution in [0.3, 0.4) is 0 Å². The average Bonchev–Trinajstić information content (AvgIpc) is 2.45. The van der Waals surface area contributed by atoms with Crippen molar-refractivity contribution >= 4 is 17.2 Å². The summed E-state index contributed by atoms with van der Waals surface area (Å²) in [5.74, 6) is 0. The molecule has 4 nitrogen and oxygen atoms in total. The Morgan fingerprint density at radius 2 is 2.00 bits per heavy atom. The van der Waals surface area contributed by atoms with Crippen molar-refractivity contribution in [3.8, 4) is 5.69 Å². The molecule has 0 atom stereocenters. The van der Waals surface area contributed by atoms with Gasteiger partial charge in [0, 0.05) is 11.8 Å². The summed E-state index contributed by atoms with van der Waals surface area (Å²) in [4.78, 5) is 11.8. The van der Waals surface area contributed by atoms with Crippen LogP contribution in [0.1, 0.15) is 36.7 Å². The Hall–Kier alpha value is -2.01. The molecule has 0 saturated carbocycles. The summed E-state index contributed by atoms with van der Waals surface area (Å²) in [5, 5.41) is 4.27. The molecule has 2 rings (SSSR count). The number of rotatable bonds is 5. The number of nitrogens with zero attached hydrogens (tertiary/aromatic N) is 2. The minimum Gasteiger partial charge on any atom is -0.388 e. The van der Waals surface area contributed by atoms with Gasteiger partial charge in [0.2, 0.25) is 5.43 Å². The molecule has 0 aliphatic heterocycles. The summed E-state index contributed by atoms with van der Waals surface area (Å²) < 4.78 is 1.69. The topological polar surface area (TPSA) is 60.9 Å². The van der Waals surface area contributed by atoms with Crippen LogP contribution in [-0.2, 0) is 6.42 Å². The van der Waals surface area contributed by atoms with Gasteiger partial charge < -0.3 is 5.73 Å². The Labute approximate surface area is 129 Å². The van der Waals surface area contributed by atoms with E-state index in [4.69, 9.17) is 18.0 Å². The largest absolute Gasteiger partial charge is 0.388 e. The van der Waals surface area contributed by atoms with Gasteiger partial charge in [0.1, 0.15) is 4.99 Å². The number of benzene rings is 1. The number of thiocarbonyl (C=S) groups is 1. The van der Waals surface area contributed by atoms with Crippen LogP contribution in [0.5, 0.6) is 0 Å². The highest BCUT2D eigenvalue weighted by atomic mass is 32.1. The Morgan fingerprint density at radius 3 is 2.57 bits per heavy atom. The first-order chi connectivity index (χ1) is 10.0. The Balaban J connectivity index is 2.39. The van der Waals surface area contributed by atoms with Crippen LogP contribution in [0, 0.1) is 6.92 Å². The minimum atomic E-state index is -0.240. The minimum absolute atomic E-state index is 0.0216. The number of hydrogen-bond acceptors (Lipinski definition) is 3. The van der Waals surface area contributed by atoms with E-state index in [0.717, 1.165) is 17.8 Å². The third-order valence-corrected chi connectivity index (χ3v) is 3.53. The summed E-state index contributed by atoms with van der Waals surface area (Å²) in [6, 6.07) is 9.68. The molecule has 5 heteroatoms. The lowest BCUT2D eigenvalue weighted by Gasteiger charge is -2.11. The number of aryl methyl sites for hydroxylation is 2. The molecule has 1 aromatic carbocycles. The fourth-order valence-corrected chi connectivity index (χ4v) is 2.31. The van der Waals surface area contributed by atoms with E-state index in [0.29, 0.717) is 0 Å². The molecule has 0 spiro atoms. The Morgan fingerprint density at radius 1 is 1.33 bits per heavy atom. The number of nitrogens with two attached hydrogens (primary N) is 1. The molecular formula is C16H19N3OS. The highest BCUT2D eigenvalue weighted by Crippen LogP contribution is 2.12. The van der Waals surface area contributed by atoms with Crippen molar-refractivity contribution < 1.29 is 0 Å². The lowest BCUT2D eigenvalue weighted by Crippen LogP contribution is -2.26. The van der Waals surface area contributed by atoms with Crippen molar-refractivity contribution in [2.75, 3.05) is 0 Å². The van der Waals surface area contributed by atoms with E-state index in [1.807, 2.05) is 19.1 Å². The second kappa shape index (κ2) is 6.63. The maximum Gasteiger partial charge on any atom is 0.210 e. The third-order valence-electron chi connectivity index (χ3n) is 3.34. The van der Waals surface area contributed by atoms with Crippen LogP contribution in [0.4, 0.5) is 0 Å². The number of unbranched alkanes of at least 4 members (excludes halogenated alkanes) is 1. The second-order valence-electron chi connectivity index (χ2n) is 5.04. The zero-order chi connectivity index (χ0) is 15.4. The van der Waals surface area contributed by atoms with E-state index in [2.05, 4.69) is 24.2 Å². The van der Waals surface area contributed by atoms with Gasteiger partial charge in [-0.25, -0.2) is 4.68 Å². The molecule has 0 aliphatic rings. The summed E-state index contributed by atoms with van der Waals surface area (Å²) in [6.45, 7) is 4.02. The molecule has 0 aliphatic carbocycles. The molecule has 0 unspecified atom stereocenters. The first kappa shape index (κ1) is 15.4. The van der Waals surface area contributed by atoms with Crippen LogP contribution in [0.25, 0.3) is 5.69 Å². The standard InChI is InChI=1S/C16H19N3OS/c1-3-4-5-12-6-8-13(9-7-12)19-11(2)10-14(20)15(18-19)16(17)21/h6-10H,3-5H2,1-2H3,(H2,17,21). The first-order valence-electron chi connectivity index (χ1n) is 7.03. The molecule has 2 N–H and O–H groups in total. The van der Waals surface area contributed by atoms with E-state index in [1.54, 1.807) is 4.68 Å². The van der Waals surface area contributed by atoms with Gasteiger partial charge in [-0.3, -0.25) is 4.79 Å². The van der Waals surface area contributed by atoms with Gasteiger partial charge in [-0.05, 0) is 37.5 Å². The molecule has 1 heterocycles. The maximum atomic E-state index is 11.8. The van der Waals surface area contributed by atoms with Crippen LogP contribution in [-0.4, -0.2) is 14.8 Å². The quantitative estimate of drug-likeness (QED) is 0.862. The van der Waals surface area contributed by atoms with E-state index in [-0.39, 0.29) is 16.1 Å². The number of hydrogen-bond donors (Lipinski definition) is 1. The highest BCUT2D eigenvalue weighted by molar-refractivity contribution is 7.80. The summed E-state index contributed by atoms with van der Waals surface area (Å²) in [5.41, 5.74) is 8.38. The van der Waals surface area contributed by atoms with Crippen LogP contribution < -0.4 is 11.2 Å². The normalized spacial score (nSPS) is 10.6. The lowest BCUT2D eigenvalue weighted by atomic mass is 10.1. The van der Waals surface area contributed by atoms with Crippen molar-refractivity contribution in [3.63, 3.8) is 0 Å². The zero-order valence-corrected chi connectivity index (χ0v) is 13.1. The molecule has 2 aromatic rings. The van der Waals surface area contributed by atoms with E-state index >= 15 is 0 Å². The van der Waals surface area contributed by atoms with Crippen LogP contribution in [0.2, 0.25) is 0 Å². The third kappa shape index (κ3) is 3.55. The van der Waals surface area contributed by atoms with Crippen LogP contribution >= 0.6 is 12.2 Å². The van der Waals surface area contributed by atoms with Crippen molar-refractivity contribution in [3.05, 3.63) is 57.5 Å². The second-order valence-corrected chi connectivity index (χ2v) is 5.48. The smallest absolute Gasteiger partial charge is 0.210 e. The fourth-order valence-electron chi connectivity index (χ4n) is 2.16. The van der Waals surface area contributed by atoms with Crippen LogP contribution in [0.15, 0.2) is 35.1 Å². The average molecular weight is 301 g/mol. The van der Waals surface area contributed by atoms with E-state index in [1.165, 1.54) is 24.5 Å². The highest BCUT2D eigenvalue weighted by Gasteiger charge is 2.09. The summed E-state index contributed by atoms with van der Waals surface area (Å²) in [7, 11) is 0. The molecule has 110 valence electrons. The van der Waals surface area contributed by atoms with Gasteiger partial charge in [-0.15, -0.1) is 0 Å². The zero-order valence-electron chi connectivity index (χ0n) is 12.3. The lowest BCUT2D eigenvalue weighted by molar-refractivity contribution is 0.784. The fraction of sp³-hybridized carbons (Fsp3) is 0.312. The Bertz CT molecular complexity index is 704. The van der Waals surface area contributed by atoms with Crippen molar-refractivity contribution in [1.29, 1.82) is 0 Å². The van der Waals surface area contributed by atoms with Gasteiger partial charge in [0.25, 0.3) is 0 Å². The van der Waals surface area contributed by atoms with Gasteiger partial charge >= 0.3 is 0 Å². The van der Waals surface area contributed by atoms with E-state index < -0.39 is 0 Å². The predicted octanol–water partition coefficient (Wildman–Crippen LogP) is 2.52. The van der Waals surface area contributed by atoms with Crippen molar-refractivity contribution in [2.45, 2.75) is 33.1 Å². The number of aromatic nitrogens is 2. The monoisotopic (exact) mass is 301 g/mol. The van der Waals surface area contributed by atoms with Gasteiger partial charge in [-0.1, -0.05) is 37.7 Å². The van der Waals surface area contributed by atoms with Gasteiger partial charge in [-0.2, -0.15) is 5.10 Å². The summed E-state index contributed by atoms with van der Waals surface area (Å²) in [6.07, 6.45) is 3.44. The van der Waals surface area contributed by atoms with E-state index in [9.17, 15) is 4.79 Å². The van der Waals surface area contributed by atoms with Crippen molar-refractivity contribution in [2.24, 2.45) is 5.73 Å². The van der Waals surface area contributed by atoms with Crippen molar-refractivity contribution in [1.82, 2.24) is 9.78 Å². The van der Waals surface area contributed by atoms with Gasteiger partial charge in [0.05, 0.1) is 5.69 Å². The maximum absolute atomic E-state index is 11.8. The molecule has 1 aromatic heterocycles.